The number of hydrogen-bond acceptors (Lipinski definition) is 5. The van der Waals surface area contributed by atoms with Gasteiger partial charge in [0.05, 0.1) is 19.2 Å². The molecule has 2 rings (SSSR count). The number of aromatic amines is 1. The van der Waals surface area contributed by atoms with Gasteiger partial charge in [-0.15, -0.1) is 0 Å². The molecule has 0 saturated carbocycles. The molecule has 7 nitrogen and oxygen atoms in total. The first-order chi connectivity index (χ1) is 9.52. The normalized spacial score (nSPS) is 22.6. The lowest BCUT2D eigenvalue weighted by Gasteiger charge is -2.34. The molecule has 20 heavy (non-hydrogen) atoms. The Labute approximate surface area is 118 Å². The number of hydrogen-bond donors (Lipinski definition) is 2. The molecule has 1 aliphatic rings. The van der Waals surface area contributed by atoms with E-state index in [1.165, 1.54) is 0 Å². The van der Waals surface area contributed by atoms with Crippen LogP contribution in [-0.2, 0) is 9.53 Å². The Kier molecular flexibility index (Phi) is 4.72. The molecule has 2 heterocycles. The second kappa shape index (κ2) is 6.32. The first-order valence-electron chi connectivity index (χ1n) is 7.07. The van der Waals surface area contributed by atoms with Crippen LogP contribution in [0.3, 0.4) is 0 Å². The van der Waals surface area contributed by atoms with E-state index in [0.717, 1.165) is 12.2 Å². The average Bonchev–Trinajstić information content (AvgIpc) is 2.91. The third kappa shape index (κ3) is 3.16. The van der Waals surface area contributed by atoms with Gasteiger partial charge in [-0.3, -0.25) is 9.89 Å². The molecule has 1 saturated heterocycles. The second-order valence-corrected chi connectivity index (χ2v) is 5.33. The van der Waals surface area contributed by atoms with Crippen molar-refractivity contribution in [3.05, 3.63) is 11.6 Å². The van der Waals surface area contributed by atoms with Crippen LogP contribution >= 0.6 is 0 Å². The van der Waals surface area contributed by atoms with Gasteiger partial charge in [0, 0.05) is 6.54 Å². The number of carbonyl (C=O) groups excluding carboxylic acids is 1. The highest BCUT2D eigenvalue weighted by molar-refractivity contribution is 5.82. The fourth-order valence-corrected chi connectivity index (χ4v) is 2.22. The molecule has 1 aromatic heterocycles. The zero-order valence-corrected chi connectivity index (χ0v) is 12.3. The van der Waals surface area contributed by atoms with Gasteiger partial charge in [-0.1, -0.05) is 20.3 Å². The summed E-state index contributed by atoms with van der Waals surface area (Å²) in [7, 11) is 0. The molecule has 1 aromatic rings. The molecule has 0 aliphatic carbocycles. The van der Waals surface area contributed by atoms with E-state index in [1.807, 2.05) is 20.8 Å². The van der Waals surface area contributed by atoms with E-state index in [2.05, 4.69) is 15.2 Å². The van der Waals surface area contributed by atoms with Crippen LogP contribution in [-0.4, -0.2) is 51.7 Å². The fourth-order valence-electron chi connectivity index (χ4n) is 2.22. The maximum Gasteiger partial charge on any atom is 0.239 e. The highest BCUT2D eigenvalue weighted by Gasteiger charge is 2.31. The molecule has 1 amide bonds. The standard InChI is InChI=1S/C13H23N5O2/c1-4-8(2)11(14)13(19)18-5-6-20-10(7-18)12-15-9(3)16-17-12/h8,10-11H,4-7,14H2,1-3H3,(H,15,16,17). The minimum Gasteiger partial charge on any atom is -0.366 e. The van der Waals surface area contributed by atoms with E-state index < -0.39 is 6.04 Å². The van der Waals surface area contributed by atoms with Gasteiger partial charge in [0.15, 0.2) is 5.82 Å². The monoisotopic (exact) mass is 281 g/mol. The Morgan fingerprint density at radius 1 is 1.65 bits per heavy atom. The number of carbonyl (C=O) groups is 1. The molecule has 112 valence electrons. The zero-order chi connectivity index (χ0) is 14.7. The summed E-state index contributed by atoms with van der Waals surface area (Å²) >= 11 is 0. The number of nitrogens with two attached hydrogens (primary N) is 1. The van der Waals surface area contributed by atoms with E-state index in [1.54, 1.807) is 4.90 Å². The van der Waals surface area contributed by atoms with E-state index in [0.29, 0.717) is 25.5 Å². The van der Waals surface area contributed by atoms with Gasteiger partial charge >= 0.3 is 0 Å². The highest BCUT2D eigenvalue weighted by Crippen LogP contribution is 2.20. The number of morpholine rings is 1. The first kappa shape index (κ1) is 14.9. The Bertz CT molecular complexity index is 461. The van der Waals surface area contributed by atoms with Gasteiger partial charge < -0.3 is 15.4 Å². The van der Waals surface area contributed by atoms with E-state index >= 15 is 0 Å². The summed E-state index contributed by atoms with van der Waals surface area (Å²) in [4.78, 5) is 18.4. The first-order valence-corrected chi connectivity index (χ1v) is 7.07. The Hall–Kier alpha value is -1.47. The van der Waals surface area contributed by atoms with E-state index in [4.69, 9.17) is 10.5 Å². The Balaban J connectivity index is 2.01. The van der Waals surface area contributed by atoms with Crippen molar-refractivity contribution in [2.24, 2.45) is 11.7 Å². The van der Waals surface area contributed by atoms with Gasteiger partial charge in [-0.25, -0.2) is 4.98 Å². The van der Waals surface area contributed by atoms with Crippen molar-refractivity contribution in [2.45, 2.75) is 39.3 Å². The molecule has 3 unspecified atom stereocenters. The lowest BCUT2D eigenvalue weighted by atomic mass is 9.98. The maximum atomic E-state index is 12.4. The van der Waals surface area contributed by atoms with Crippen molar-refractivity contribution in [1.29, 1.82) is 0 Å². The summed E-state index contributed by atoms with van der Waals surface area (Å²) < 4.78 is 5.64. The lowest BCUT2D eigenvalue weighted by Crippen LogP contribution is -2.51. The molecule has 0 spiro atoms. The molecule has 7 heteroatoms. The van der Waals surface area contributed by atoms with Crippen molar-refractivity contribution in [1.82, 2.24) is 20.1 Å². The predicted molar refractivity (Wildman–Crippen MR) is 73.8 cm³/mol. The minimum absolute atomic E-state index is 0.0140. The van der Waals surface area contributed by atoms with Gasteiger partial charge in [0.2, 0.25) is 5.91 Å². The number of amides is 1. The number of nitrogens with one attached hydrogen (secondary N) is 1. The molecule has 1 aliphatic heterocycles. The van der Waals surface area contributed by atoms with E-state index in [-0.39, 0.29) is 17.9 Å². The Morgan fingerprint density at radius 3 is 3.00 bits per heavy atom. The van der Waals surface area contributed by atoms with Crippen LogP contribution < -0.4 is 5.73 Å². The minimum atomic E-state index is -0.451. The largest absolute Gasteiger partial charge is 0.366 e. The molecule has 0 radical (unpaired) electrons. The van der Waals surface area contributed by atoms with Gasteiger partial charge in [0.25, 0.3) is 0 Å². The van der Waals surface area contributed by atoms with Gasteiger partial charge in [-0.2, -0.15) is 5.10 Å². The summed E-state index contributed by atoms with van der Waals surface area (Å²) in [6, 6.07) is -0.451. The molecule has 1 fully saturated rings. The van der Waals surface area contributed by atoms with Crippen molar-refractivity contribution in [3.63, 3.8) is 0 Å². The van der Waals surface area contributed by atoms with Crippen molar-refractivity contribution < 1.29 is 9.53 Å². The smallest absolute Gasteiger partial charge is 0.239 e. The number of ether oxygens (including phenoxy) is 1. The van der Waals surface area contributed by atoms with Crippen molar-refractivity contribution >= 4 is 5.91 Å². The van der Waals surface area contributed by atoms with Crippen LogP contribution in [0.25, 0.3) is 0 Å². The predicted octanol–water partition coefficient (Wildman–Crippen LogP) is 0.386. The SMILES string of the molecule is CCC(C)C(N)C(=O)N1CCOC(c2n[nH]c(C)n2)C1. The van der Waals surface area contributed by atoms with Crippen LogP contribution in [0.1, 0.15) is 38.0 Å². The third-order valence-electron chi connectivity index (χ3n) is 3.82. The van der Waals surface area contributed by atoms with Crippen LogP contribution in [0.2, 0.25) is 0 Å². The van der Waals surface area contributed by atoms with Crippen molar-refractivity contribution in [3.8, 4) is 0 Å². The molecule has 0 aromatic carbocycles. The quantitative estimate of drug-likeness (QED) is 0.832. The van der Waals surface area contributed by atoms with Gasteiger partial charge in [-0.05, 0) is 12.8 Å². The summed E-state index contributed by atoms with van der Waals surface area (Å²) in [5.41, 5.74) is 6.02. The van der Waals surface area contributed by atoms with Crippen molar-refractivity contribution in [2.75, 3.05) is 19.7 Å². The van der Waals surface area contributed by atoms with Crippen LogP contribution in [0.5, 0.6) is 0 Å². The number of rotatable bonds is 4. The zero-order valence-electron chi connectivity index (χ0n) is 12.3. The van der Waals surface area contributed by atoms with Crippen LogP contribution in [0.4, 0.5) is 0 Å². The second-order valence-electron chi connectivity index (χ2n) is 5.33. The summed E-state index contributed by atoms with van der Waals surface area (Å²) in [5, 5.41) is 6.89. The van der Waals surface area contributed by atoms with Crippen LogP contribution in [0.15, 0.2) is 0 Å². The molecule has 3 atom stereocenters. The highest BCUT2D eigenvalue weighted by atomic mass is 16.5. The average molecular weight is 281 g/mol. The maximum absolute atomic E-state index is 12.4. The number of nitrogens with zero attached hydrogens (tertiary/aromatic N) is 3. The number of H-pyrrole nitrogens is 1. The Morgan fingerprint density at radius 2 is 2.40 bits per heavy atom. The third-order valence-corrected chi connectivity index (χ3v) is 3.82. The molecular weight excluding hydrogens is 258 g/mol. The molecule has 0 bridgehead atoms. The summed E-state index contributed by atoms with van der Waals surface area (Å²) in [5.74, 6) is 1.50. The summed E-state index contributed by atoms with van der Waals surface area (Å²) in [6.07, 6.45) is 0.614. The topological polar surface area (TPSA) is 97.1 Å². The fraction of sp³-hybridized carbons (Fsp3) is 0.769. The number of aromatic nitrogens is 3. The number of aryl methyl sites for hydroxylation is 1. The molecule has 3 N–H and O–H groups in total. The lowest BCUT2D eigenvalue weighted by molar-refractivity contribution is -0.141. The van der Waals surface area contributed by atoms with E-state index in [9.17, 15) is 4.79 Å². The van der Waals surface area contributed by atoms with Crippen LogP contribution in [0, 0.1) is 12.8 Å². The summed E-state index contributed by atoms with van der Waals surface area (Å²) in [6.45, 7) is 7.39. The van der Waals surface area contributed by atoms with Gasteiger partial charge in [0.1, 0.15) is 11.9 Å². The molecular formula is C13H23N5O2.